The Kier molecular flexibility index (Phi) is 5.51. The fourth-order valence-corrected chi connectivity index (χ4v) is 2.48. The molecular weight excluding hydrogens is 300 g/mol. The van der Waals surface area contributed by atoms with Crippen LogP contribution in [0, 0.1) is 5.92 Å². The molecule has 0 spiro atoms. The van der Waals surface area contributed by atoms with Gasteiger partial charge in [-0.2, -0.15) is 0 Å². The van der Waals surface area contributed by atoms with Crippen LogP contribution in [0.4, 0.5) is 11.5 Å². The van der Waals surface area contributed by atoms with Crippen LogP contribution in [0.15, 0.2) is 18.3 Å². The van der Waals surface area contributed by atoms with Gasteiger partial charge in [0.25, 0.3) is 0 Å². The molecule has 0 aromatic carbocycles. The molecule has 1 aliphatic rings. The van der Waals surface area contributed by atoms with Crippen LogP contribution in [0.3, 0.4) is 0 Å². The molecule has 1 aromatic heterocycles. The highest BCUT2D eigenvalue weighted by Gasteiger charge is 2.23. The van der Waals surface area contributed by atoms with E-state index < -0.39 is 5.97 Å². The van der Waals surface area contributed by atoms with Gasteiger partial charge in [0.05, 0.1) is 18.3 Å². The van der Waals surface area contributed by atoms with Gasteiger partial charge in [-0.1, -0.05) is 0 Å². The molecule has 0 unspecified atom stereocenters. The second-order valence-electron chi connectivity index (χ2n) is 5.51. The van der Waals surface area contributed by atoms with Gasteiger partial charge in [-0.25, -0.2) is 4.98 Å². The standard InChI is InChI=1S/C15H20N4O4/c16-15(23)10-5-7-19(8-6-10)12-2-1-11(9-17-12)18-13(20)3-4-14(21)22/h1-2,9-10H,3-8H2,(H2,16,23)(H,18,20)(H,21,22). The Morgan fingerprint density at radius 3 is 2.48 bits per heavy atom. The second kappa shape index (κ2) is 7.57. The van der Waals surface area contributed by atoms with Crippen molar-refractivity contribution in [2.45, 2.75) is 25.7 Å². The number of piperidine rings is 1. The van der Waals surface area contributed by atoms with Gasteiger partial charge < -0.3 is 21.1 Å². The lowest BCUT2D eigenvalue weighted by atomic mass is 9.96. The molecule has 0 bridgehead atoms. The minimum absolute atomic E-state index is 0.0703. The van der Waals surface area contributed by atoms with Crippen molar-refractivity contribution >= 4 is 29.3 Å². The van der Waals surface area contributed by atoms with Gasteiger partial charge in [-0.05, 0) is 25.0 Å². The van der Waals surface area contributed by atoms with Gasteiger partial charge in [0.2, 0.25) is 11.8 Å². The van der Waals surface area contributed by atoms with Crippen LogP contribution in [0.1, 0.15) is 25.7 Å². The van der Waals surface area contributed by atoms with E-state index in [9.17, 15) is 14.4 Å². The van der Waals surface area contributed by atoms with E-state index in [2.05, 4.69) is 15.2 Å². The van der Waals surface area contributed by atoms with Crippen LogP contribution in [-0.4, -0.2) is 41.0 Å². The molecule has 2 rings (SSSR count). The first-order valence-corrected chi connectivity index (χ1v) is 7.47. The fraction of sp³-hybridized carbons (Fsp3) is 0.467. The zero-order valence-corrected chi connectivity index (χ0v) is 12.7. The summed E-state index contributed by atoms with van der Waals surface area (Å²) < 4.78 is 0. The molecule has 0 saturated carbocycles. The van der Waals surface area contributed by atoms with Gasteiger partial charge in [0, 0.05) is 25.4 Å². The Morgan fingerprint density at radius 2 is 1.96 bits per heavy atom. The predicted molar refractivity (Wildman–Crippen MR) is 83.9 cm³/mol. The Morgan fingerprint density at radius 1 is 1.26 bits per heavy atom. The van der Waals surface area contributed by atoms with Gasteiger partial charge in [-0.3, -0.25) is 14.4 Å². The Labute approximate surface area is 133 Å². The fourth-order valence-electron chi connectivity index (χ4n) is 2.48. The lowest BCUT2D eigenvalue weighted by Gasteiger charge is -2.31. The highest BCUT2D eigenvalue weighted by molar-refractivity contribution is 5.92. The summed E-state index contributed by atoms with van der Waals surface area (Å²) in [7, 11) is 0. The highest BCUT2D eigenvalue weighted by atomic mass is 16.4. The second-order valence-corrected chi connectivity index (χ2v) is 5.51. The number of nitrogens with zero attached hydrogens (tertiary/aromatic N) is 2. The molecule has 8 heteroatoms. The van der Waals surface area contributed by atoms with E-state index in [0.29, 0.717) is 31.6 Å². The van der Waals surface area contributed by atoms with Gasteiger partial charge in [-0.15, -0.1) is 0 Å². The quantitative estimate of drug-likeness (QED) is 0.704. The predicted octanol–water partition coefficient (Wildman–Crippen LogP) is 0.587. The summed E-state index contributed by atoms with van der Waals surface area (Å²) in [5, 5.41) is 11.1. The zero-order chi connectivity index (χ0) is 16.8. The summed E-state index contributed by atoms with van der Waals surface area (Å²) in [6, 6.07) is 3.51. The smallest absolute Gasteiger partial charge is 0.303 e. The van der Waals surface area contributed by atoms with Crippen molar-refractivity contribution in [1.29, 1.82) is 0 Å². The summed E-state index contributed by atoms with van der Waals surface area (Å²) in [4.78, 5) is 39.5. The first-order valence-electron chi connectivity index (χ1n) is 7.47. The molecule has 0 radical (unpaired) electrons. The van der Waals surface area contributed by atoms with E-state index in [1.54, 1.807) is 12.1 Å². The molecule has 1 fully saturated rings. The van der Waals surface area contributed by atoms with Crippen LogP contribution in [0.2, 0.25) is 0 Å². The molecule has 1 aliphatic heterocycles. The average molecular weight is 320 g/mol. The third-order valence-corrected chi connectivity index (χ3v) is 3.82. The molecule has 2 amide bonds. The van der Waals surface area contributed by atoms with Crippen LogP contribution in [0.5, 0.6) is 0 Å². The van der Waals surface area contributed by atoms with E-state index in [0.717, 1.165) is 5.82 Å². The number of nitrogens with one attached hydrogen (secondary N) is 1. The number of rotatable bonds is 6. The number of pyridine rings is 1. The summed E-state index contributed by atoms with van der Waals surface area (Å²) in [6.45, 7) is 1.43. The van der Waals surface area contributed by atoms with Crippen LogP contribution in [-0.2, 0) is 14.4 Å². The first-order chi connectivity index (χ1) is 11.0. The molecule has 124 valence electrons. The summed E-state index contributed by atoms with van der Waals surface area (Å²) in [5.74, 6) is -0.912. The third kappa shape index (κ3) is 4.94. The highest BCUT2D eigenvalue weighted by Crippen LogP contribution is 2.22. The molecule has 1 saturated heterocycles. The Hall–Kier alpha value is -2.64. The van der Waals surface area contributed by atoms with E-state index >= 15 is 0 Å². The van der Waals surface area contributed by atoms with Crippen LogP contribution < -0.4 is 16.0 Å². The minimum Gasteiger partial charge on any atom is -0.481 e. The maximum absolute atomic E-state index is 11.5. The number of aromatic nitrogens is 1. The van der Waals surface area contributed by atoms with Gasteiger partial charge >= 0.3 is 5.97 Å². The number of hydrogen-bond acceptors (Lipinski definition) is 5. The van der Waals surface area contributed by atoms with E-state index in [4.69, 9.17) is 10.8 Å². The normalized spacial score (nSPS) is 15.2. The number of carboxylic acid groups (broad SMARTS) is 1. The van der Waals surface area contributed by atoms with Crippen molar-refractivity contribution in [2.75, 3.05) is 23.3 Å². The topological polar surface area (TPSA) is 126 Å². The maximum atomic E-state index is 11.5. The molecule has 0 aliphatic carbocycles. The van der Waals surface area contributed by atoms with Gasteiger partial charge in [0.15, 0.2) is 0 Å². The Balaban J connectivity index is 1.86. The largest absolute Gasteiger partial charge is 0.481 e. The molecule has 4 N–H and O–H groups in total. The number of aliphatic carboxylic acids is 1. The van der Waals surface area contributed by atoms with Crippen molar-refractivity contribution in [2.24, 2.45) is 11.7 Å². The number of primary amides is 1. The van der Waals surface area contributed by atoms with E-state index in [1.165, 1.54) is 6.20 Å². The first kappa shape index (κ1) is 16.7. The molecule has 23 heavy (non-hydrogen) atoms. The summed E-state index contributed by atoms with van der Waals surface area (Å²) in [5.41, 5.74) is 5.84. The van der Waals surface area contributed by atoms with Crippen molar-refractivity contribution in [1.82, 2.24) is 4.98 Å². The van der Waals surface area contributed by atoms with Crippen LogP contribution in [0.25, 0.3) is 0 Å². The minimum atomic E-state index is -1.01. The molecule has 8 nitrogen and oxygen atoms in total. The SMILES string of the molecule is NC(=O)C1CCN(c2ccc(NC(=O)CCC(=O)O)cn2)CC1. The van der Waals surface area contributed by atoms with Crippen LogP contribution >= 0.6 is 0 Å². The number of carboxylic acids is 1. The van der Waals surface area contributed by atoms with Crippen molar-refractivity contribution < 1.29 is 19.5 Å². The maximum Gasteiger partial charge on any atom is 0.303 e. The number of hydrogen-bond donors (Lipinski definition) is 3. The molecular formula is C15H20N4O4. The number of anilines is 2. The molecule has 1 aromatic rings. The van der Waals surface area contributed by atoms with E-state index in [1.807, 2.05) is 0 Å². The van der Waals surface area contributed by atoms with Crippen molar-refractivity contribution in [3.8, 4) is 0 Å². The lowest BCUT2D eigenvalue weighted by Crippen LogP contribution is -2.38. The zero-order valence-electron chi connectivity index (χ0n) is 12.7. The Bertz CT molecular complexity index is 580. The average Bonchev–Trinajstić information content (AvgIpc) is 2.54. The van der Waals surface area contributed by atoms with E-state index in [-0.39, 0.29) is 30.6 Å². The van der Waals surface area contributed by atoms with Gasteiger partial charge in [0.1, 0.15) is 5.82 Å². The monoisotopic (exact) mass is 320 g/mol. The molecule has 0 atom stereocenters. The lowest BCUT2D eigenvalue weighted by molar-refractivity contribution is -0.138. The number of amides is 2. The third-order valence-electron chi connectivity index (χ3n) is 3.82. The number of carbonyl (C=O) groups is 3. The summed E-state index contributed by atoms with van der Waals surface area (Å²) >= 11 is 0. The molecule has 2 heterocycles. The number of nitrogens with two attached hydrogens (primary N) is 1. The number of carbonyl (C=O) groups excluding carboxylic acids is 2. The van der Waals surface area contributed by atoms with Crippen molar-refractivity contribution in [3.05, 3.63) is 18.3 Å². The van der Waals surface area contributed by atoms with Crippen molar-refractivity contribution in [3.63, 3.8) is 0 Å². The summed E-state index contributed by atoms with van der Waals surface area (Å²) in [6.07, 6.45) is 2.69.